The van der Waals surface area contributed by atoms with Gasteiger partial charge < -0.3 is 20.1 Å². The minimum absolute atomic E-state index is 0.0969. The van der Waals surface area contributed by atoms with Gasteiger partial charge in [-0.25, -0.2) is 4.79 Å². The second-order valence-electron chi connectivity index (χ2n) is 5.68. The molecule has 2 N–H and O–H groups in total. The van der Waals surface area contributed by atoms with E-state index in [1.165, 1.54) is 26.4 Å². The highest BCUT2D eigenvalue weighted by Gasteiger charge is 2.22. The zero-order chi connectivity index (χ0) is 17.8. The number of hydrogen-bond donors (Lipinski definition) is 2. The molecule has 0 atom stereocenters. The number of nitrogens with one attached hydrogen (secondary N) is 2. The van der Waals surface area contributed by atoms with Crippen molar-refractivity contribution in [1.82, 2.24) is 5.32 Å². The largest absolute Gasteiger partial charge is 0.496 e. The molecule has 6 nitrogen and oxygen atoms in total. The van der Waals surface area contributed by atoms with Crippen LogP contribution in [0.25, 0.3) is 0 Å². The van der Waals surface area contributed by atoms with Crippen LogP contribution in [0.4, 0.5) is 5.69 Å². The van der Waals surface area contributed by atoms with E-state index in [1.54, 1.807) is 20.8 Å². The Hall–Kier alpha value is -1.86. The fraction of sp³-hybridized carbons (Fsp3) is 0.400. The fourth-order valence-electron chi connectivity index (χ4n) is 1.53. The summed E-state index contributed by atoms with van der Waals surface area (Å²) in [4.78, 5) is 23.6. The summed E-state index contributed by atoms with van der Waals surface area (Å²) in [5.41, 5.74) is 0.00711. The van der Waals surface area contributed by atoms with Gasteiger partial charge in [-0.15, -0.1) is 0 Å². The van der Waals surface area contributed by atoms with Gasteiger partial charge in [0.25, 0.3) is 0 Å². The van der Waals surface area contributed by atoms with Crippen molar-refractivity contribution in [3.05, 3.63) is 22.7 Å². The van der Waals surface area contributed by atoms with Crippen LogP contribution in [0.15, 0.2) is 12.1 Å². The Morgan fingerprint density at radius 3 is 2.30 bits per heavy atom. The molecule has 0 fully saturated rings. The summed E-state index contributed by atoms with van der Waals surface area (Å²) in [6.45, 7) is 5.31. The van der Waals surface area contributed by atoms with Crippen LogP contribution in [0, 0.1) is 5.41 Å². The number of rotatable bonds is 3. The Labute approximate surface area is 145 Å². The van der Waals surface area contributed by atoms with Gasteiger partial charge in [0, 0.05) is 11.5 Å². The van der Waals surface area contributed by atoms with Gasteiger partial charge in [0.15, 0.2) is 5.11 Å². The predicted molar refractivity (Wildman–Crippen MR) is 93.2 cm³/mol. The molecule has 0 radical (unpaired) electrons. The van der Waals surface area contributed by atoms with Gasteiger partial charge in [-0.3, -0.25) is 4.79 Å². The highest BCUT2D eigenvalue weighted by atomic mass is 35.5. The smallest absolute Gasteiger partial charge is 0.341 e. The fourth-order valence-corrected chi connectivity index (χ4v) is 1.95. The first-order valence-corrected chi connectivity index (χ1v) is 7.47. The Morgan fingerprint density at radius 1 is 1.22 bits per heavy atom. The molecule has 8 heteroatoms. The maximum atomic E-state index is 11.9. The lowest BCUT2D eigenvalue weighted by Crippen LogP contribution is -2.41. The number of methoxy groups -OCH3 is 2. The molecule has 0 aliphatic heterocycles. The van der Waals surface area contributed by atoms with E-state index < -0.39 is 11.4 Å². The van der Waals surface area contributed by atoms with Gasteiger partial charge in [-0.1, -0.05) is 32.4 Å². The molecule has 1 aromatic rings. The summed E-state index contributed by atoms with van der Waals surface area (Å²) in [5.74, 6) is -0.531. The number of esters is 1. The van der Waals surface area contributed by atoms with Crippen LogP contribution < -0.4 is 15.4 Å². The second kappa shape index (κ2) is 7.61. The number of carbonyl (C=O) groups is 2. The Kier molecular flexibility index (Phi) is 6.35. The molecule has 0 spiro atoms. The quantitative estimate of drug-likeness (QED) is 0.639. The molecule has 0 bridgehead atoms. The van der Waals surface area contributed by atoms with Crippen LogP contribution in [-0.2, 0) is 9.53 Å². The molecule has 0 aliphatic carbocycles. The van der Waals surface area contributed by atoms with Gasteiger partial charge in [0.2, 0.25) is 5.91 Å². The average Bonchev–Trinajstić information content (AvgIpc) is 2.46. The lowest BCUT2D eigenvalue weighted by atomic mass is 9.96. The van der Waals surface area contributed by atoms with E-state index in [0.717, 1.165) is 0 Å². The van der Waals surface area contributed by atoms with Gasteiger partial charge in [-0.2, -0.15) is 0 Å². The summed E-state index contributed by atoms with van der Waals surface area (Å²) in [6.07, 6.45) is 0. The van der Waals surface area contributed by atoms with Crippen LogP contribution in [0.1, 0.15) is 31.1 Å². The molecule has 23 heavy (non-hydrogen) atoms. The number of ether oxygens (including phenoxy) is 2. The lowest BCUT2D eigenvalue weighted by molar-refractivity contribution is -0.126. The van der Waals surface area contributed by atoms with E-state index in [2.05, 4.69) is 15.4 Å². The first-order chi connectivity index (χ1) is 10.6. The molecular weight excluding hydrogens is 340 g/mol. The van der Waals surface area contributed by atoms with Gasteiger partial charge in [0.1, 0.15) is 11.3 Å². The van der Waals surface area contributed by atoms with Gasteiger partial charge in [0.05, 0.1) is 24.9 Å². The molecule has 0 heterocycles. The van der Waals surface area contributed by atoms with Crippen LogP contribution >= 0.6 is 23.8 Å². The van der Waals surface area contributed by atoms with E-state index in [0.29, 0.717) is 5.69 Å². The number of benzene rings is 1. The van der Waals surface area contributed by atoms with Crippen molar-refractivity contribution >= 4 is 46.5 Å². The van der Waals surface area contributed by atoms with Crippen molar-refractivity contribution in [2.24, 2.45) is 5.41 Å². The third-order valence-corrected chi connectivity index (χ3v) is 3.37. The van der Waals surface area contributed by atoms with Crippen molar-refractivity contribution in [3.8, 4) is 5.75 Å². The highest BCUT2D eigenvalue weighted by molar-refractivity contribution is 7.80. The standard InChI is InChI=1S/C15H19ClN2O4S/c1-15(2,3)13(20)18-14(23)17-10-7-11(21-4)8(6-9(10)16)12(19)22-5/h6-7H,1-5H3,(H2,17,18,20,23). The monoisotopic (exact) mass is 358 g/mol. The zero-order valence-electron chi connectivity index (χ0n) is 13.6. The SMILES string of the molecule is COC(=O)c1cc(Cl)c(NC(=S)NC(=O)C(C)(C)C)cc1OC. The third-order valence-electron chi connectivity index (χ3n) is 2.85. The number of amides is 1. The summed E-state index contributed by atoms with van der Waals surface area (Å²) < 4.78 is 9.81. The highest BCUT2D eigenvalue weighted by Crippen LogP contribution is 2.31. The average molecular weight is 359 g/mol. The normalized spacial score (nSPS) is 10.7. The minimum Gasteiger partial charge on any atom is -0.496 e. The van der Waals surface area contributed by atoms with Gasteiger partial charge >= 0.3 is 5.97 Å². The predicted octanol–water partition coefficient (Wildman–Crippen LogP) is 2.99. The van der Waals surface area contributed by atoms with Crippen molar-refractivity contribution in [1.29, 1.82) is 0 Å². The molecule has 0 unspecified atom stereocenters. The minimum atomic E-state index is -0.581. The first kappa shape index (κ1) is 19.2. The number of anilines is 1. The van der Waals surface area contributed by atoms with Crippen molar-refractivity contribution in [2.75, 3.05) is 19.5 Å². The van der Waals surface area contributed by atoms with Crippen molar-refractivity contribution < 1.29 is 19.1 Å². The molecule has 0 saturated carbocycles. The molecule has 0 aromatic heterocycles. The van der Waals surface area contributed by atoms with E-state index in [1.807, 2.05) is 0 Å². The number of halogens is 1. The van der Waals surface area contributed by atoms with Crippen LogP contribution in [0.2, 0.25) is 5.02 Å². The third kappa shape index (κ3) is 5.07. The molecular formula is C15H19ClN2O4S. The Bertz CT molecular complexity index is 641. The summed E-state index contributed by atoms with van der Waals surface area (Å²) >= 11 is 11.2. The van der Waals surface area contributed by atoms with E-state index >= 15 is 0 Å². The first-order valence-electron chi connectivity index (χ1n) is 6.68. The maximum absolute atomic E-state index is 11.9. The lowest BCUT2D eigenvalue weighted by Gasteiger charge is -2.19. The summed E-state index contributed by atoms with van der Waals surface area (Å²) in [7, 11) is 2.68. The maximum Gasteiger partial charge on any atom is 0.341 e. The van der Waals surface area contributed by atoms with Crippen molar-refractivity contribution in [2.45, 2.75) is 20.8 Å². The Morgan fingerprint density at radius 2 is 1.83 bits per heavy atom. The van der Waals surface area contributed by atoms with E-state index in [9.17, 15) is 9.59 Å². The number of carbonyl (C=O) groups excluding carboxylic acids is 2. The molecule has 1 amide bonds. The Balaban J connectivity index is 2.99. The van der Waals surface area contributed by atoms with Gasteiger partial charge in [-0.05, 0) is 18.3 Å². The summed E-state index contributed by atoms with van der Waals surface area (Å²) in [6, 6.07) is 2.91. The number of thiocarbonyl (C=S) groups is 1. The molecule has 0 aliphatic rings. The molecule has 126 valence electrons. The topological polar surface area (TPSA) is 76.7 Å². The summed E-state index contributed by atoms with van der Waals surface area (Å²) in [5, 5.41) is 5.71. The molecule has 1 aromatic carbocycles. The van der Waals surface area contributed by atoms with Crippen LogP contribution in [-0.4, -0.2) is 31.2 Å². The zero-order valence-corrected chi connectivity index (χ0v) is 15.1. The van der Waals surface area contributed by atoms with E-state index in [4.69, 9.17) is 28.6 Å². The molecule has 1 rings (SSSR count). The molecule has 0 saturated heterocycles. The van der Waals surface area contributed by atoms with E-state index in [-0.39, 0.29) is 27.4 Å². The van der Waals surface area contributed by atoms with Crippen molar-refractivity contribution in [3.63, 3.8) is 0 Å². The van der Waals surface area contributed by atoms with Crippen LogP contribution in [0.3, 0.4) is 0 Å². The second-order valence-corrected chi connectivity index (χ2v) is 6.50. The number of hydrogen-bond acceptors (Lipinski definition) is 5. The van der Waals surface area contributed by atoms with Crippen LogP contribution in [0.5, 0.6) is 5.75 Å².